The zero-order valence-electron chi connectivity index (χ0n) is 14.0. The Balaban J connectivity index is 1.74. The molecule has 0 saturated heterocycles. The largest absolute Gasteiger partial charge is 0.388 e. The summed E-state index contributed by atoms with van der Waals surface area (Å²) >= 11 is 0. The number of carbonyl (C=O) groups is 1. The lowest BCUT2D eigenvalue weighted by Gasteiger charge is -2.27. The monoisotopic (exact) mass is 323 g/mol. The summed E-state index contributed by atoms with van der Waals surface area (Å²) in [6.45, 7) is 0.328. The molecule has 2 aromatic carbocycles. The smallest absolute Gasteiger partial charge is 0.252 e. The molecule has 0 bridgehead atoms. The van der Waals surface area contributed by atoms with Crippen molar-refractivity contribution < 1.29 is 9.90 Å². The molecule has 0 spiro atoms. The van der Waals surface area contributed by atoms with Crippen LogP contribution in [-0.2, 0) is 0 Å². The van der Waals surface area contributed by atoms with E-state index >= 15 is 0 Å². The molecular weight excluding hydrogens is 298 g/mol. The molecule has 3 heteroatoms. The van der Waals surface area contributed by atoms with Gasteiger partial charge in [-0.15, -0.1) is 0 Å². The first kappa shape index (κ1) is 16.7. The highest BCUT2D eigenvalue weighted by atomic mass is 16.3. The van der Waals surface area contributed by atoms with Gasteiger partial charge in [-0.05, 0) is 30.0 Å². The van der Waals surface area contributed by atoms with E-state index in [2.05, 4.69) is 5.32 Å². The van der Waals surface area contributed by atoms with Gasteiger partial charge in [0.05, 0.1) is 5.60 Å². The van der Waals surface area contributed by atoms with Crippen LogP contribution < -0.4 is 5.32 Å². The lowest BCUT2D eigenvalue weighted by molar-refractivity contribution is 0.0246. The Kier molecular flexibility index (Phi) is 5.31. The molecule has 24 heavy (non-hydrogen) atoms. The van der Waals surface area contributed by atoms with Gasteiger partial charge in [-0.1, -0.05) is 74.2 Å². The van der Waals surface area contributed by atoms with Crippen LogP contribution in [0.2, 0.25) is 0 Å². The third-order valence-corrected chi connectivity index (χ3v) is 4.87. The molecule has 2 N–H and O–H groups in total. The van der Waals surface area contributed by atoms with Crippen LogP contribution >= 0.6 is 0 Å². The topological polar surface area (TPSA) is 49.3 Å². The van der Waals surface area contributed by atoms with E-state index < -0.39 is 5.60 Å². The van der Waals surface area contributed by atoms with Crippen molar-refractivity contribution in [2.75, 3.05) is 6.54 Å². The highest BCUT2D eigenvalue weighted by molar-refractivity contribution is 6.00. The predicted molar refractivity (Wildman–Crippen MR) is 96.9 cm³/mol. The van der Waals surface area contributed by atoms with E-state index in [0.717, 1.165) is 36.8 Å². The zero-order valence-corrected chi connectivity index (χ0v) is 14.0. The van der Waals surface area contributed by atoms with Crippen molar-refractivity contribution in [1.29, 1.82) is 0 Å². The molecule has 0 aliphatic heterocycles. The summed E-state index contributed by atoms with van der Waals surface area (Å²) in [5, 5.41) is 13.7. The minimum Gasteiger partial charge on any atom is -0.388 e. The number of amides is 1. The van der Waals surface area contributed by atoms with Gasteiger partial charge in [0.25, 0.3) is 5.91 Å². The first-order valence-electron chi connectivity index (χ1n) is 8.83. The van der Waals surface area contributed by atoms with Crippen LogP contribution in [0.4, 0.5) is 0 Å². The van der Waals surface area contributed by atoms with Gasteiger partial charge in [-0.25, -0.2) is 0 Å². The van der Waals surface area contributed by atoms with Gasteiger partial charge in [0.2, 0.25) is 0 Å². The van der Waals surface area contributed by atoms with Crippen LogP contribution in [0.25, 0.3) is 11.1 Å². The molecule has 3 nitrogen and oxygen atoms in total. The predicted octanol–water partition coefficient (Wildman–Crippen LogP) is 4.17. The lowest BCUT2D eigenvalue weighted by Crippen LogP contribution is -2.42. The molecular formula is C21H25NO2. The molecule has 0 unspecified atom stereocenters. The SMILES string of the molecule is O=C(NCC1(O)CCCCCC1)c1ccccc1-c1ccccc1. The summed E-state index contributed by atoms with van der Waals surface area (Å²) in [4.78, 5) is 12.7. The fraction of sp³-hybridized carbons (Fsp3) is 0.381. The fourth-order valence-electron chi connectivity index (χ4n) is 3.45. The lowest BCUT2D eigenvalue weighted by atomic mass is 9.94. The second-order valence-electron chi connectivity index (χ2n) is 6.73. The number of hydrogen-bond acceptors (Lipinski definition) is 2. The Morgan fingerprint density at radius 3 is 2.25 bits per heavy atom. The molecule has 1 amide bonds. The number of aliphatic hydroxyl groups is 1. The van der Waals surface area contributed by atoms with Gasteiger partial charge in [-0.3, -0.25) is 4.79 Å². The average molecular weight is 323 g/mol. The van der Waals surface area contributed by atoms with Gasteiger partial charge in [-0.2, -0.15) is 0 Å². The summed E-state index contributed by atoms with van der Waals surface area (Å²) in [5.41, 5.74) is 1.84. The summed E-state index contributed by atoms with van der Waals surface area (Å²) < 4.78 is 0. The van der Waals surface area contributed by atoms with Crippen molar-refractivity contribution in [2.45, 2.75) is 44.1 Å². The van der Waals surface area contributed by atoms with Gasteiger partial charge in [0.1, 0.15) is 0 Å². The van der Waals surface area contributed by atoms with Crippen molar-refractivity contribution in [2.24, 2.45) is 0 Å². The zero-order chi connectivity index (χ0) is 16.8. The van der Waals surface area contributed by atoms with Gasteiger partial charge in [0, 0.05) is 12.1 Å². The average Bonchev–Trinajstić information content (AvgIpc) is 2.85. The molecule has 0 radical (unpaired) electrons. The van der Waals surface area contributed by atoms with E-state index in [9.17, 15) is 9.90 Å². The number of hydrogen-bond donors (Lipinski definition) is 2. The molecule has 3 rings (SSSR count). The minimum absolute atomic E-state index is 0.118. The van der Waals surface area contributed by atoms with Gasteiger partial charge in [0.15, 0.2) is 0 Å². The Morgan fingerprint density at radius 1 is 0.917 bits per heavy atom. The minimum atomic E-state index is -0.756. The van der Waals surface area contributed by atoms with E-state index in [1.54, 1.807) is 0 Å². The Labute approximate surface area is 143 Å². The fourth-order valence-corrected chi connectivity index (χ4v) is 3.45. The Bertz CT molecular complexity index is 673. The maximum absolute atomic E-state index is 12.7. The highest BCUT2D eigenvalue weighted by Gasteiger charge is 2.28. The van der Waals surface area contributed by atoms with Crippen LogP contribution in [0.3, 0.4) is 0 Å². The molecule has 0 heterocycles. The van der Waals surface area contributed by atoms with Crippen LogP contribution in [0.5, 0.6) is 0 Å². The molecule has 126 valence electrons. The van der Waals surface area contributed by atoms with Crippen LogP contribution in [0.1, 0.15) is 48.9 Å². The van der Waals surface area contributed by atoms with E-state index in [-0.39, 0.29) is 5.91 Å². The van der Waals surface area contributed by atoms with Crippen LogP contribution in [-0.4, -0.2) is 23.2 Å². The normalized spacial score (nSPS) is 17.0. The summed E-state index contributed by atoms with van der Waals surface area (Å²) in [6.07, 6.45) is 5.96. The second kappa shape index (κ2) is 7.63. The van der Waals surface area contributed by atoms with Crippen LogP contribution in [0.15, 0.2) is 54.6 Å². The van der Waals surface area contributed by atoms with Gasteiger partial charge >= 0.3 is 0 Å². The third kappa shape index (κ3) is 4.04. The number of nitrogens with one attached hydrogen (secondary N) is 1. The molecule has 1 fully saturated rings. The van der Waals surface area contributed by atoms with Crippen molar-refractivity contribution in [3.8, 4) is 11.1 Å². The number of rotatable bonds is 4. The standard InChI is InChI=1S/C21H25NO2/c23-20(22-16-21(24)14-8-1-2-9-15-21)19-13-7-6-12-18(19)17-10-4-3-5-11-17/h3-7,10-13,24H,1-2,8-9,14-16H2,(H,22,23). The van der Waals surface area contributed by atoms with Crippen molar-refractivity contribution in [1.82, 2.24) is 5.32 Å². The number of carbonyl (C=O) groups excluding carboxylic acids is 1. The van der Waals surface area contributed by atoms with Crippen molar-refractivity contribution in [3.63, 3.8) is 0 Å². The second-order valence-corrected chi connectivity index (χ2v) is 6.73. The maximum atomic E-state index is 12.7. The van der Waals surface area contributed by atoms with E-state index in [1.807, 2.05) is 54.6 Å². The summed E-state index contributed by atoms with van der Waals surface area (Å²) in [5.74, 6) is -0.118. The van der Waals surface area contributed by atoms with E-state index in [0.29, 0.717) is 12.1 Å². The Morgan fingerprint density at radius 2 is 1.54 bits per heavy atom. The van der Waals surface area contributed by atoms with E-state index in [1.165, 1.54) is 12.8 Å². The van der Waals surface area contributed by atoms with Crippen molar-refractivity contribution >= 4 is 5.91 Å². The van der Waals surface area contributed by atoms with Crippen LogP contribution in [0, 0.1) is 0 Å². The Hall–Kier alpha value is -2.13. The number of benzene rings is 2. The molecule has 1 saturated carbocycles. The maximum Gasteiger partial charge on any atom is 0.252 e. The van der Waals surface area contributed by atoms with Crippen molar-refractivity contribution in [3.05, 3.63) is 60.2 Å². The molecule has 1 aliphatic rings. The van der Waals surface area contributed by atoms with E-state index in [4.69, 9.17) is 0 Å². The summed E-state index contributed by atoms with van der Waals surface area (Å²) in [7, 11) is 0. The molecule has 2 aromatic rings. The van der Waals surface area contributed by atoms with Gasteiger partial charge < -0.3 is 10.4 Å². The molecule has 0 aromatic heterocycles. The highest BCUT2D eigenvalue weighted by Crippen LogP contribution is 2.27. The first-order valence-corrected chi connectivity index (χ1v) is 8.83. The molecule has 1 aliphatic carbocycles. The summed E-state index contributed by atoms with van der Waals surface area (Å²) in [6, 6.07) is 17.5. The first-order chi connectivity index (χ1) is 11.7. The third-order valence-electron chi connectivity index (χ3n) is 4.87. The molecule has 0 atom stereocenters. The quantitative estimate of drug-likeness (QED) is 0.830.